The van der Waals surface area contributed by atoms with Gasteiger partial charge in [-0.15, -0.1) is 10.2 Å². The lowest BCUT2D eigenvalue weighted by Gasteiger charge is -2.27. The maximum Gasteiger partial charge on any atom is 0.147 e. The van der Waals surface area contributed by atoms with E-state index in [2.05, 4.69) is 54.7 Å². The predicted molar refractivity (Wildman–Crippen MR) is 79.5 cm³/mol. The molecule has 1 atom stereocenters. The summed E-state index contributed by atoms with van der Waals surface area (Å²) in [6.45, 7) is 14.5. The van der Waals surface area contributed by atoms with Gasteiger partial charge in [0.1, 0.15) is 11.6 Å². The molecule has 1 unspecified atom stereocenters. The summed E-state index contributed by atoms with van der Waals surface area (Å²) >= 11 is 0. The molecule has 1 saturated heterocycles. The van der Waals surface area contributed by atoms with Crippen LogP contribution >= 0.6 is 0 Å². The summed E-state index contributed by atoms with van der Waals surface area (Å²) in [5, 5.41) is 12.1. The van der Waals surface area contributed by atoms with Crippen molar-refractivity contribution in [2.45, 2.75) is 84.7 Å². The standard InChI is InChI=1S/C15H28N4O/c1-7-8-19-11(2)17-18-13(19)10-16-12-9-14(3,4)20-15(12,5)6/h12,16H,7-10H2,1-6H3. The van der Waals surface area contributed by atoms with Gasteiger partial charge in [0.05, 0.1) is 17.7 Å². The third-order valence-corrected chi connectivity index (χ3v) is 4.04. The summed E-state index contributed by atoms with van der Waals surface area (Å²) in [5.74, 6) is 2.01. The van der Waals surface area contributed by atoms with E-state index in [0.717, 1.165) is 37.6 Å². The van der Waals surface area contributed by atoms with Crippen LogP contribution in [0.5, 0.6) is 0 Å². The topological polar surface area (TPSA) is 52.0 Å². The van der Waals surface area contributed by atoms with Gasteiger partial charge in [-0.05, 0) is 47.5 Å². The Kier molecular flexibility index (Phi) is 4.21. The number of aromatic nitrogens is 3. The molecule has 114 valence electrons. The summed E-state index contributed by atoms with van der Waals surface area (Å²) in [6, 6.07) is 0.338. The van der Waals surface area contributed by atoms with Gasteiger partial charge in [-0.1, -0.05) is 6.92 Å². The summed E-state index contributed by atoms with van der Waals surface area (Å²) in [4.78, 5) is 0. The van der Waals surface area contributed by atoms with Crippen LogP contribution in [-0.4, -0.2) is 32.0 Å². The van der Waals surface area contributed by atoms with Crippen molar-refractivity contribution in [1.82, 2.24) is 20.1 Å². The molecular weight excluding hydrogens is 252 g/mol. The van der Waals surface area contributed by atoms with Gasteiger partial charge in [-0.2, -0.15) is 0 Å². The summed E-state index contributed by atoms with van der Waals surface area (Å²) in [5.41, 5.74) is -0.206. The van der Waals surface area contributed by atoms with E-state index in [1.54, 1.807) is 0 Å². The Hall–Kier alpha value is -0.940. The van der Waals surface area contributed by atoms with Crippen LogP contribution in [0.3, 0.4) is 0 Å². The van der Waals surface area contributed by atoms with Crippen molar-refractivity contribution in [2.75, 3.05) is 0 Å². The van der Waals surface area contributed by atoms with Crippen LogP contribution in [0, 0.1) is 6.92 Å². The van der Waals surface area contributed by atoms with E-state index in [1.165, 1.54) is 0 Å². The molecule has 2 rings (SSSR count). The van der Waals surface area contributed by atoms with E-state index >= 15 is 0 Å². The largest absolute Gasteiger partial charge is 0.368 e. The quantitative estimate of drug-likeness (QED) is 0.900. The molecule has 0 amide bonds. The molecule has 1 aliphatic heterocycles. The van der Waals surface area contributed by atoms with Gasteiger partial charge < -0.3 is 14.6 Å². The number of nitrogens with one attached hydrogen (secondary N) is 1. The summed E-state index contributed by atoms with van der Waals surface area (Å²) < 4.78 is 8.31. The molecule has 1 aromatic heterocycles. The lowest BCUT2D eigenvalue weighted by Crippen LogP contribution is -2.43. The van der Waals surface area contributed by atoms with Crippen LogP contribution < -0.4 is 5.32 Å². The second kappa shape index (κ2) is 5.45. The van der Waals surface area contributed by atoms with Crippen molar-refractivity contribution in [2.24, 2.45) is 0 Å². The number of nitrogens with zero attached hydrogens (tertiary/aromatic N) is 3. The van der Waals surface area contributed by atoms with Crippen molar-refractivity contribution in [3.63, 3.8) is 0 Å². The average molecular weight is 280 g/mol. The van der Waals surface area contributed by atoms with Crippen molar-refractivity contribution < 1.29 is 4.74 Å². The second-order valence-corrected chi connectivity index (χ2v) is 6.92. The zero-order valence-corrected chi connectivity index (χ0v) is 13.7. The molecule has 1 aromatic rings. The minimum atomic E-state index is -0.145. The first-order chi connectivity index (χ1) is 9.25. The fraction of sp³-hybridized carbons (Fsp3) is 0.867. The Balaban J connectivity index is 2.02. The highest BCUT2D eigenvalue weighted by Crippen LogP contribution is 2.37. The molecule has 2 heterocycles. The van der Waals surface area contributed by atoms with Crippen molar-refractivity contribution in [1.29, 1.82) is 0 Å². The SMILES string of the molecule is CCCn1c(C)nnc1CNC1CC(C)(C)OC1(C)C. The minimum absolute atomic E-state index is 0.0613. The molecule has 0 radical (unpaired) electrons. The Bertz CT molecular complexity index is 464. The normalized spacial score (nSPS) is 24.2. The van der Waals surface area contributed by atoms with Crippen LogP contribution in [0.1, 0.15) is 59.1 Å². The van der Waals surface area contributed by atoms with Crippen LogP contribution in [0.4, 0.5) is 0 Å². The minimum Gasteiger partial charge on any atom is -0.368 e. The van der Waals surface area contributed by atoms with E-state index in [1.807, 2.05) is 6.92 Å². The van der Waals surface area contributed by atoms with Gasteiger partial charge in [0, 0.05) is 12.6 Å². The fourth-order valence-corrected chi connectivity index (χ4v) is 3.16. The Morgan fingerprint density at radius 1 is 1.30 bits per heavy atom. The van der Waals surface area contributed by atoms with E-state index < -0.39 is 0 Å². The number of rotatable bonds is 5. The molecule has 5 nitrogen and oxygen atoms in total. The maximum atomic E-state index is 6.11. The first kappa shape index (κ1) is 15.4. The van der Waals surface area contributed by atoms with Gasteiger partial charge >= 0.3 is 0 Å². The van der Waals surface area contributed by atoms with Crippen molar-refractivity contribution >= 4 is 0 Å². The van der Waals surface area contributed by atoms with E-state index in [9.17, 15) is 0 Å². The van der Waals surface area contributed by atoms with Crippen LogP contribution in [0.15, 0.2) is 0 Å². The van der Waals surface area contributed by atoms with Crippen LogP contribution in [0.2, 0.25) is 0 Å². The highest BCUT2D eigenvalue weighted by atomic mass is 16.5. The van der Waals surface area contributed by atoms with Gasteiger partial charge in [-0.25, -0.2) is 0 Å². The zero-order chi connectivity index (χ0) is 15.0. The van der Waals surface area contributed by atoms with Gasteiger partial charge in [-0.3, -0.25) is 0 Å². The average Bonchev–Trinajstić information content (AvgIpc) is 2.75. The first-order valence-electron chi connectivity index (χ1n) is 7.57. The van der Waals surface area contributed by atoms with Gasteiger partial charge in [0.2, 0.25) is 0 Å². The van der Waals surface area contributed by atoms with Gasteiger partial charge in [0.25, 0.3) is 0 Å². The van der Waals surface area contributed by atoms with Gasteiger partial charge in [0.15, 0.2) is 0 Å². The third kappa shape index (κ3) is 3.20. The number of ether oxygens (including phenoxy) is 1. The maximum absolute atomic E-state index is 6.11. The number of aryl methyl sites for hydroxylation is 1. The fourth-order valence-electron chi connectivity index (χ4n) is 3.16. The molecule has 1 N–H and O–H groups in total. The van der Waals surface area contributed by atoms with E-state index in [4.69, 9.17) is 4.74 Å². The first-order valence-corrected chi connectivity index (χ1v) is 7.57. The van der Waals surface area contributed by atoms with Crippen molar-refractivity contribution in [3.05, 3.63) is 11.6 Å². The smallest absolute Gasteiger partial charge is 0.147 e. The third-order valence-electron chi connectivity index (χ3n) is 4.04. The number of hydrogen-bond acceptors (Lipinski definition) is 4. The lowest BCUT2D eigenvalue weighted by molar-refractivity contribution is -0.0699. The molecule has 0 spiro atoms. The Morgan fingerprint density at radius 2 is 2.00 bits per heavy atom. The monoisotopic (exact) mass is 280 g/mol. The molecule has 0 saturated carbocycles. The van der Waals surface area contributed by atoms with Crippen LogP contribution in [0.25, 0.3) is 0 Å². The molecule has 0 bridgehead atoms. The van der Waals surface area contributed by atoms with E-state index in [0.29, 0.717) is 6.04 Å². The number of hydrogen-bond donors (Lipinski definition) is 1. The second-order valence-electron chi connectivity index (χ2n) is 6.92. The van der Waals surface area contributed by atoms with Crippen molar-refractivity contribution in [3.8, 4) is 0 Å². The Morgan fingerprint density at radius 3 is 2.55 bits per heavy atom. The van der Waals surface area contributed by atoms with E-state index in [-0.39, 0.29) is 11.2 Å². The highest BCUT2D eigenvalue weighted by molar-refractivity contribution is 5.01. The summed E-state index contributed by atoms with van der Waals surface area (Å²) in [6.07, 6.45) is 2.11. The zero-order valence-electron chi connectivity index (χ0n) is 13.7. The lowest BCUT2D eigenvalue weighted by atomic mass is 9.94. The highest BCUT2D eigenvalue weighted by Gasteiger charge is 2.45. The molecule has 0 aromatic carbocycles. The molecule has 20 heavy (non-hydrogen) atoms. The molecule has 1 fully saturated rings. The molecule has 0 aliphatic carbocycles. The van der Waals surface area contributed by atoms with Crippen LogP contribution in [-0.2, 0) is 17.8 Å². The molecule has 5 heteroatoms. The predicted octanol–water partition coefficient (Wildman–Crippen LogP) is 2.43. The molecular formula is C15H28N4O. The Labute approximate surface area is 122 Å². The molecule has 1 aliphatic rings. The summed E-state index contributed by atoms with van der Waals surface area (Å²) in [7, 11) is 0.